The second kappa shape index (κ2) is 12.3. The van der Waals surface area contributed by atoms with E-state index in [1.165, 1.54) is 12.1 Å². The number of aromatic nitrogens is 1. The smallest absolute Gasteiger partial charge is 0.338 e. The molecule has 2 fully saturated rings. The van der Waals surface area contributed by atoms with Crippen molar-refractivity contribution in [2.24, 2.45) is 5.92 Å². The summed E-state index contributed by atoms with van der Waals surface area (Å²) in [4.78, 5) is 71.4. The number of nitrogens with one attached hydrogen (secondary N) is 1. The molecular formula is C29H26BrN3O8S2. The number of esters is 1. The van der Waals surface area contributed by atoms with E-state index in [0.717, 1.165) is 28.0 Å². The molecule has 3 aromatic rings. The van der Waals surface area contributed by atoms with E-state index in [1.54, 1.807) is 42.2 Å². The number of fused-ring (bicyclic) bond motifs is 2. The highest BCUT2D eigenvalue weighted by molar-refractivity contribution is 9.10. The van der Waals surface area contributed by atoms with Gasteiger partial charge >= 0.3 is 10.8 Å². The van der Waals surface area contributed by atoms with Gasteiger partial charge in [0.15, 0.2) is 6.61 Å². The van der Waals surface area contributed by atoms with Crippen molar-refractivity contribution in [1.82, 2.24) is 9.88 Å². The van der Waals surface area contributed by atoms with Crippen molar-refractivity contribution in [1.29, 1.82) is 0 Å². The average molecular weight is 689 g/mol. The van der Waals surface area contributed by atoms with Crippen LogP contribution in [0, 0.1) is 5.92 Å². The number of H-pyrrole nitrogens is 1. The van der Waals surface area contributed by atoms with Crippen LogP contribution in [0.25, 0.3) is 0 Å². The summed E-state index contributed by atoms with van der Waals surface area (Å²) >= 11 is 5.66. The van der Waals surface area contributed by atoms with Crippen LogP contribution in [0.4, 0.5) is 5.69 Å². The number of thiazole rings is 1. The molecular weight excluding hydrogens is 662 g/mol. The van der Waals surface area contributed by atoms with Crippen molar-refractivity contribution in [3.8, 4) is 5.75 Å². The molecule has 14 heteroatoms. The van der Waals surface area contributed by atoms with E-state index >= 15 is 0 Å². The van der Waals surface area contributed by atoms with Crippen molar-refractivity contribution < 1.29 is 33.4 Å². The number of amides is 3. The number of rotatable bonds is 7. The number of hydrogen-bond acceptors (Lipinski definition) is 10. The first-order chi connectivity index (χ1) is 20.8. The summed E-state index contributed by atoms with van der Waals surface area (Å²) < 4.78 is 17.1. The van der Waals surface area contributed by atoms with Crippen molar-refractivity contribution in [2.75, 3.05) is 44.4 Å². The van der Waals surface area contributed by atoms with Crippen LogP contribution in [-0.2, 0) is 23.9 Å². The molecule has 6 rings (SSSR count). The van der Waals surface area contributed by atoms with E-state index in [9.17, 15) is 24.0 Å². The van der Waals surface area contributed by atoms with Gasteiger partial charge in [-0.1, -0.05) is 39.0 Å². The molecule has 3 unspecified atom stereocenters. The lowest BCUT2D eigenvalue weighted by molar-refractivity contribution is -0.137. The van der Waals surface area contributed by atoms with Crippen LogP contribution in [0.5, 0.6) is 5.75 Å². The highest BCUT2D eigenvalue weighted by Crippen LogP contribution is 2.54. The number of thioether (sulfide) groups is 1. The fourth-order valence-electron chi connectivity index (χ4n) is 5.50. The minimum absolute atomic E-state index is 0.189. The number of imide groups is 1. The average Bonchev–Trinajstić information content (AvgIpc) is 3.50. The number of carbonyl (C=O) groups excluding carboxylic acids is 4. The molecule has 0 spiro atoms. The van der Waals surface area contributed by atoms with E-state index in [4.69, 9.17) is 14.2 Å². The Labute approximate surface area is 262 Å². The summed E-state index contributed by atoms with van der Waals surface area (Å²) in [7, 11) is 0. The maximum absolute atomic E-state index is 14.1. The first kappa shape index (κ1) is 29.6. The Morgan fingerprint density at radius 3 is 2.53 bits per heavy atom. The van der Waals surface area contributed by atoms with Gasteiger partial charge in [0.1, 0.15) is 11.0 Å². The van der Waals surface area contributed by atoms with Gasteiger partial charge in [0.25, 0.3) is 5.91 Å². The highest BCUT2D eigenvalue weighted by atomic mass is 79.9. The number of halogens is 1. The van der Waals surface area contributed by atoms with Gasteiger partial charge in [-0.2, -0.15) is 0 Å². The normalized spacial score (nSPS) is 21.4. The maximum atomic E-state index is 14.1. The molecule has 3 aliphatic rings. The zero-order chi connectivity index (χ0) is 30.2. The third kappa shape index (κ3) is 5.64. The quantitative estimate of drug-likeness (QED) is 0.293. The second-order valence-corrected chi connectivity index (χ2v) is 13.1. The van der Waals surface area contributed by atoms with Crippen LogP contribution in [-0.4, -0.2) is 78.3 Å². The monoisotopic (exact) mass is 687 g/mol. The van der Waals surface area contributed by atoms with Crippen molar-refractivity contribution in [3.63, 3.8) is 0 Å². The van der Waals surface area contributed by atoms with Crippen LogP contribution in [0.2, 0.25) is 0 Å². The van der Waals surface area contributed by atoms with Crippen molar-refractivity contribution in [2.45, 2.75) is 23.1 Å². The predicted octanol–water partition coefficient (Wildman–Crippen LogP) is 3.41. The maximum Gasteiger partial charge on any atom is 0.338 e. The van der Waals surface area contributed by atoms with Crippen LogP contribution >= 0.6 is 39.0 Å². The molecule has 3 aliphatic heterocycles. The number of benzene rings is 2. The third-order valence-corrected chi connectivity index (χ3v) is 10.4. The SMILES string of the molecule is CCOC(=O)c1ccc(N2C(=O)C3Sc4[nH]c(=O)sc4C(c4cc(Br)ccc4OCC(=O)N4CCOCC4)C3C2=O)cc1. The van der Waals surface area contributed by atoms with Gasteiger partial charge in [-0.15, -0.1) is 0 Å². The molecule has 3 atom stereocenters. The third-order valence-electron chi connectivity index (χ3n) is 7.48. The molecule has 0 radical (unpaired) electrons. The molecule has 4 heterocycles. The van der Waals surface area contributed by atoms with Gasteiger partial charge < -0.3 is 24.1 Å². The summed E-state index contributed by atoms with van der Waals surface area (Å²) in [5, 5.41) is -0.293. The van der Waals surface area contributed by atoms with E-state index in [2.05, 4.69) is 20.9 Å². The molecule has 0 bridgehead atoms. The van der Waals surface area contributed by atoms with Gasteiger partial charge in [-0.05, 0) is 49.4 Å². The van der Waals surface area contributed by atoms with Gasteiger partial charge in [0.05, 0.1) is 42.0 Å². The zero-order valence-corrected chi connectivity index (χ0v) is 26.1. The Kier molecular flexibility index (Phi) is 8.45. The summed E-state index contributed by atoms with van der Waals surface area (Å²) in [5.41, 5.74) is 1.21. The highest BCUT2D eigenvalue weighted by Gasteiger charge is 2.57. The molecule has 0 aliphatic carbocycles. The Morgan fingerprint density at radius 1 is 1.07 bits per heavy atom. The summed E-state index contributed by atoms with van der Waals surface area (Å²) in [5.74, 6) is -2.72. The van der Waals surface area contributed by atoms with Crippen LogP contribution < -0.4 is 14.5 Å². The lowest BCUT2D eigenvalue weighted by Crippen LogP contribution is -2.43. The summed E-state index contributed by atoms with van der Waals surface area (Å²) in [6.45, 7) is 3.60. The number of aromatic amines is 1. The topological polar surface area (TPSA) is 135 Å². The van der Waals surface area contributed by atoms with Crippen molar-refractivity contribution >= 4 is 68.4 Å². The fourth-order valence-corrected chi connectivity index (χ4v) is 8.39. The fraction of sp³-hybridized carbons (Fsp3) is 0.345. The van der Waals surface area contributed by atoms with Gasteiger partial charge in [0, 0.05) is 33.9 Å². The lowest BCUT2D eigenvalue weighted by Gasteiger charge is -2.31. The lowest BCUT2D eigenvalue weighted by atomic mass is 9.82. The molecule has 1 N–H and O–H groups in total. The first-order valence-electron chi connectivity index (χ1n) is 13.6. The van der Waals surface area contributed by atoms with E-state index in [1.807, 2.05) is 0 Å². The summed E-state index contributed by atoms with van der Waals surface area (Å²) in [6, 6.07) is 11.4. The number of morpholine rings is 1. The number of hydrogen-bond donors (Lipinski definition) is 1. The Bertz CT molecular complexity index is 1650. The van der Waals surface area contributed by atoms with Crippen LogP contribution in [0.15, 0.2) is 56.8 Å². The predicted molar refractivity (Wildman–Crippen MR) is 162 cm³/mol. The molecule has 2 saturated heterocycles. The van der Waals surface area contributed by atoms with E-state index < -0.39 is 34.9 Å². The Hall–Kier alpha value is -3.46. The molecule has 2 aromatic carbocycles. The van der Waals surface area contributed by atoms with Crippen molar-refractivity contribution in [3.05, 3.63) is 72.6 Å². The van der Waals surface area contributed by atoms with Crippen LogP contribution in [0.1, 0.15) is 33.6 Å². The largest absolute Gasteiger partial charge is 0.483 e. The zero-order valence-electron chi connectivity index (χ0n) is 22.9. The minimum atomic E-state index is -0.854. The minimum Gasteiger partial charge on any atom is -0.483 e. The van der Waals surface area contributed by atoms with Gasteiger partial charge in [-0.25, -0.2) is 9.69 Å². The molecule has 0 saturated carbocycles. The first-order valence-corrected chi connectivity index (χ1v) is 16.1. The molecule has 43 heavy (non-hydrogen) atoms. The number of carbonyl (C=O) groups is 4. The van der Waals surface area contributed by atoms with E-state index in [0.29, 0.717) is 63.2 Å². The number of nitrogens with zero attached hydrogens (tertiary/aromatic N) is 2. The standard InChI is InChI=1S/C29H26BrN3O8S2/c1-2-40-28(37)15-3-6-17(7-4-15)33-26(35)22-21(23-25(31-29(38)43-23)42-24(22)27(33)36)18-13-16(30)5-8-19(18)41-14-20(34)32-9-11-39-12-10-32/h3-8,13,21-22,24H,2,9-12,14H2,1H3,(H,31,38). The molecule has 224 valence electrons. The number of ether oxygens (including phenoxy) is 3. The second-order valence-electron chi connectivity index (χ2n) is 9.99. The number of anilines is 1. The Morgan fingerprint density at radius 2 is 1.81 bits per heavy atom. The Balaban J connectivity index is 1.35. The summed E-state index contributed by atoms with van der Waals surface area (Å²) in [6.07, 6.45) is 0. The van der Waals surface area contributed by atoms with E-state index in [-0.39, 0.29) is 24.0 Å². The van der Waals surface area contributed by atoms with Gasteiger partial charge in [0.2, 0.25) is 11.8 Å². The van der Waals surface area contributed by atoms with Crippen LogP contribution in [0.3, 0.4) is 0 Å². The molecule has 3 amide bonds. The molecule has 11 nitrogen and oxygen atoms in total. The van der Waals surface area contributed by atoms with Gasteiger partial charge in [-0.3, -0.25) is 19.2 Å². The molecule has 1 aromatic heterocycles.